The van der Waals surface area contributed by atoms with E-state index in [4.69, 9.17) is 11.6 Å². The lowest BCUT2D eigenvalue weighted by molar-refractivity contribution is -0.115. The summed E-state index contributed by atoms with van der Waals surface area (Å²) < 4.78 is 0. The molecule has 2 N–H and O–H groups in total. The molecule has 0 aromatic heterocycles. The summed E-state index contributed by atoms with van der Waals surface area (Å²) >= 11 is 5.74. The standard InChI is InChI=1S/C13H15ClN2O/c1-2-3-4-9-15-10-13(17)16-12-7-5-11(14)6-8-12/h5-8,15H,4,9-10H2,1H3,(H,16,17). The molecule has 4 heteroatoms. The molecule has 0 saturated carbocycles. The zero-order chi connectivity index (χ0) is 12.5. The molecule has 1 amide bonds. The number of rotatable bonds is 5. The Labute approximate surface area is 107 Å². The highest BCUT2D eigenvalue weighted by Gasteiger charge is 2.00. The summed E-state index contributed by atoms with van der Waals surface area (Å²) in [6, 6.07) is 7.01. The van der Waals surface area contributed by atoms with Crippen molar-refractivity contribution in [3.63, 3.8) is 0 Å². The van der Waals surface area contributed by atoms with E-state index < -0.39 is 0 Å². The molecule has 90 valence electrons. The summed E-state index contributed by atoms with van der Waals surface area (Å²) in [6.45, 7) is 2.80. The van der Waals surface area contributed by atoms with Crippen LogP contribution in [0.3, 0.4) is 0 Å². The van der Waals surface area contributed by atoms with E-state index in [0.29, 0.717) is 5.02 Å². The Morgan fingerprint density at radius 3 is 2.71 bits per heavy atom. The summed E-state index contributed by atoms with van der Waals surface area (Å²) in [5, 5.41) is 6.43. The molecule has 0 saturated heterocycles. The van der Waals surface area contributed by atoms with Crippen LogP contribution in [0.25, 0.3) is 0 Å². The predicted molar refractivity (Wildman–Crippen MR) is 71.0 cm³/mol. The number of amides is 1. The quantitative estimate of drug-likeness (QED) is 0.622. The Morgan fingerprint density at radius 2 is 2.06 bits per heavy atom. The molecule has 0 aliphatic heterocycles. The highest BCUT2D eigenvalue weighted by Crippen LogP contribution is 2.12. The number of carbonyl (C=O) groups is 1. The van der Waals surface area contributed by atoms with Gasteiger partial charge in [-0.25, -0.2) is 0 Å². The molecule has 0 unspecified atom stereocenters. The van der Waals surface area contributed by atoms with Crippen molar-refractivity contribution in [2.75, 3.05) is 18.4 Å². The fourth-order valence-electron chi connectivity index (χ4n) is 1.22. The largest absolute Gasteiger partial charge is 0.325 e. The maximum absolute atomic E-state index is 11.5. The van der Waals surface area contributed by atoms with Crippen molar-refractivity contribution < 1.29 is 4.79 Å². The van der Waals surface area contributed by atoms with Crippen LogP contribution in [-0.2, 0) is 4.79 Å². The van der Waals surface area contributed by atoms with Gasteiger partial charge in [0.2, 0.25) is 5.91 Å². The lowest BCUT2D eigenvalue weighted by atomic mass is 10.3. The highest BCUT2D eigenvalue weighted by atomic mass is 35.5. The van der Waals surface area contributed by atoms with E-state index in [2.05, 4.69) is 22.5 Å². The van der Waals surface area contributed by atoms with E-state index >= 15 is 0 Å². The summed E-state index contributed by atoms with van der Waals surface area (Å²) in [4.78, 5) is 11.5. The third-order valence-corrected chi connectivity index (χ3v) is 2.27. The fraction of sp³-hybridized carbons (Fsp3) is 0.308. The predicted octanol–water partition coefficient (Wildman–Crippen LogP) is 2.28. The second-order valence-corrected chi connectivity index (χ2v) is 3.85. The first-order chi connectivity index (χ1) is 8.22. The number of benzene rings is 1. The molecule has 0 fully saturated rings. The number of hydrogen-bond acceptors (Lipinski definition) is 2. The second kappa shape index (κ2) is 7.72. The normalized spacial score (nSPS) is 9.29. The molecule has 1 aromatic rings. The minimum atomic E-state index is -0.0724. The van der Waals surface area contributed by atoms with E-state index in [0.717, 1.165) is 18.7 Å². The molecular formula is C13H15ClN2O. The molecule has 17 heavy (non-hydrogen) atoms. The average Bonchev–Trinajstić information content (AvgIpc) is 2.32. The Kier molecular flexibility index (Phi) is 6.16. The van der Waals surface area contributed by atoms with Crippen LogP contribution in [0, 0.1) is 11.8 Å². The number of hydrogen-bond donors (Lipinski definition) is 2. The summed E-state index contributed by atoms with van der Waals surface area (Å²) in [5.74, 6) is 5.64. The zero-order valence-electron chi connectivity index (χ0n) is 9.72. The first-order valence-corrected chi connectivity index (χ1v) is 5.76. The van der Waals surface area contributed by atoms with Gasteiger partial charge >= 0.3 is 0 Å². The van der Waals surface area contributed by atoms with E-state index in [1.807, 2.05) is 0 Å². The Hall–Kier alpha value is -1.50. The Morgan fingerprint density at radius 1 is 1.35 bits per heavy atom. The molecule has 3 nitrogen and oxygen atoms in total. The van der Waals surface area contributed by atoms with E-state index in [-0.39, 0.29) is 12.5 Å². The third kappa shape index (κ3) is 5.96. The molecular weight excluding hydrogens is 236 g/mol. The fourth-order valence-corrected chi connectivity index (χ4v) is 1.34. The van der Waals surface area contributed by atoms with Gasteiger partial charge in [-0.15, -0.1) is 11.8 Å². The maximum atomic E-state index is 11.5. The molecule has 0 atom stereocenters. The number of nitrogens with one attached hydrogen (secondary N) is 2. The molecule has 1 aromatic carbocycles. The average molecular weight is 251 g/mol. The molecule has 0 aliphatic rings. The van der Waals surface area contributed by atoms with Gasteiger partial charge in [0.25, 0.3) is 0 Å². The number of anilines is 1. The summed E-state index contributed by atoms with van der Waals surface area (Å²) in [7, 11) is 0. The number of halogens is 1. The zero-order valence-corrected chi connectivity index (χ0v) is 10.5. The first kappa shape index (κ1) is 13.6. The molecule has 0 heterocycles. The molecule has 0 spiro atoms. The van der Waals surface area contributed by atoms with Gasteiger partial charge in [-0.3, -0.25) is 4.79 Å². The van der Waals surface area contributed by atoms with Gasteiger partial charge in [-0.05, 0) is 31.2 Å². The van der Waals surface area contributed by atoms with Gasteiger partial charge in [-0.1, -0.05) is 11.6 Å². The Bertz CT molecular complexity index is 417. The van der Waals surface area contributed by atoms with Crippen LogP contribution in [0.1, 0.15) is 13.3 Å². The second-order valence-electron chi connectivity index (χ2n) is 3.41. The van der Waals surface area contributed by atoms with Crippen molar-refractivity contribution in [3.05, 3.63) is 29.3 Å². The number of carbonyl (C=O) groups excluding carboxylic acids is 1. The lowest BCUT2D eigenvalue weighted by Crippen LogP contribution is -2.28. The van der Waals surface area contributed by atoms with Crippen LogP contribution in [-0.4, -0.2) is 19.0 Å². The van der Waals surface area contributed by atoms with Crippen LogP contribution in [0.15, 0.2) is 24.3 Å². The third-order valence-electron chi connectivity index (χ3n) is 2.02. The van der Waals surface area contributed by atoms with Crippen molar-refractivity contribution in [1.82, 2.24) is 5.32 Å². The van der Waals surface area contributed by atoms with Gasteiger partial charge < -0.3 is 10.6 Å². The van der Waals surface area contributed by atoms with Gasteiger partial charge in [-0.2, -0.15) is 0 Å². The molecule has 0 radical (unpaired) electrons. The van der Waals surface area contributed by atoms with Gasteiger partial charge in [0.05, 0.1) is 6.54 Å². The minimum Gasteiger partial charge on any atom is -0.325 e. The Balaban J connectivity index is 2.24. The van der Waals surface area contributed by atoms with E-state index in [1.54, 1.807) is 31.2 Å². The highest BCUT2D eigenvalue weighted by molar-refractivity contribution is 6.30. The molecule has 0 bridgehead atoms. The van der Waals surface area contributed by atoms with Gasteiger partial charge in [0.1, 0.15) is 0 Å². The van der Waals surface area contributed by atoms with Crippen LogP contribution in [0.5, 0.6) is 0 Å². The summed E-state index contributed by atoms with van der Waals surface area (Å²) in [6.07, 6.45) is 0.755. The van der Waals surface area contributed by atoms with Crippen molar-refractivity contribution in [2.45, 2.75) is 13.3 Å². The SMILES string of the molecule is CC#CCCNCC(=O)Nc1ccc(Cl)cc1. The van der Waals surface area contributed by atoms with Crippen molar-refractivity contribution in [2.24, 2.45) is 0 Å². The maximum Gasteiger partial charge on any atom is 0.238 e. The lowest BCUT2D eigenvalue weighted by Gasteiger charge is -2.05. The van der Waals surface area contributed by atoms with E-state index in [9.17, 15) is 4.79 Å². The van der Waals surface area contributed by atoms with Gasteiger partial charge in [0.15, 0.2) is 0 Å². The topological polar surface area (TPSA) is 41.1 Å². The minimum absolute atomic E-state index is 0.0724. The van der Waals surface area contributed by atoms with Gasteiger partial charge in [0, 0.05) is 23.7 Å². The van der Waals surface area contributed by atoms with Crippen LogP contribution in [0.2, 0.25) is 5.02 Å². The van der Waals surface area contributed by atoms with E-state index in [1.165, 1.54) is 0 Å². The van der Waals surface area contributed by atoms with Crippen LogP contribution in [0.4, 0.5) is 5.69 Å². The summed E-state index contributed by atoms with van der Waals surface area (Å²) in [5.41, 5.74) is 0.745. The van der Waals surface area contributed by atoms with Crippen LogP contribution >= 0.6 is 11.6 Å². The van der Waals surface area contributed by atoms with Crippen molar-refractivity contribution in [3.8, 4) is 11.8 Å². The first-order valence-electron chi connectivity index (χ1n) is 5.38. The van der Waals surface area contributed by atoms with Crippen molar-refractivity contribution in [1.29, 1.82) is 0 Å². The van der Waals surface area contributed by atoms with Crippen LogP contribution < -0.4 is 10.6 Å². The monoisotopic (exact) mass is 250 g/mol. The molecule has 0 aliphatic carbocycles. The van der Waals surface area contributed by atoms with Crippen molar-refractivity contribution >= 4 is 23.2 Å². The smallest absolute Gasteiger partial charge is 0.238 e. The molecule has 1 rings (SSSR count).